The van der Waals surface area contributed by atoms with Gasteiger partial charge in [0.25, 0.3) is 5.91 Å². The number of para-hydroxylation sites is 1. The number of methoxy groups -OCH3 is 1. The molecule has 0 bridgehead atoms. The number of ether oxygens (including phenoxy) is 1. The van der Waals surface area contributed by atoms with Crippen molar-refractivity contribution in [3.05, 3.63) is 83.4 Å². The fraction of sp³-hybridized carbons (Fsp3) is 0.167. The molecule has 0 saturated carbocycles. The van der Waals surface area contributed by atoms with Crippen LogP contribution in [0, 0.1) is 13.8 Å². The molecule has 30 heavy (non-hydrogen) atoms. The van der Waals surface area contributed by atoms with Crippen molar-refractivity contribution >= 4 is 28.9 Å². The molecule has 0 unspecified atom stereocenters. The molecule has 0 aliphatic rings. The van der Waals surface area contributed by atoms with E-state index in [0.29, 0.717) is 28.4 Å². The Bertz CT molecular complexity index is 1050. The van der Waals surface area contributed by atoms with Crippen LogP contribution in [0.15, 0.2) is 66.7 Å². The summed E-state index contributed by atoms with van der Waals surface area (Å²) >= 11 is 0. The van der Waals surface area contributed by atoms with E-state index in [-0.39, 0.29) is 18.4 Å². The Morgan fingerprint density at radius 3 is 2.27 bits per heavy atom. The zero-order chi connectivity index (χ0) is 21.5. The lowest BCUT2D eigenvalue weighted by atomic mass is 10.1. The minimum atomic E-state index is -0.247. The van der Waals surface area contributed by atoms with Gasteiger partial charge in [0.05, 0.1) is 24.9 Å². The van der Waals surface area contributed by atoms with Gasteiger partial charge >= 0.3 is 0 Å². The van der Waals surface area contributed by atoms with Crippen molar-refractivity contribution in [2.45, 2.75) is 13.8 Å². The van der Waals surface area contributed by atoms with Crippen molar-refractivity contribution < 1.29 is 14.3 Å². The summed E-state index contributed by atoms with van der Waals surface area (Å²) in [5, 5.41) is 8.77. The standard InChI is InChI=1S/C24H25N3O3/c1-16-8-11-18(12-9-16)26-24(29)19-6-4-5-7-20(19)25-15-23(28)27-21-14-17(2)10-13-22(21)30-3/h4-14,25H,15H2,1-3H3,(H,26,29)(H,27,28). The molecule has 0 aliphatic heterocycles. The Kier molecular flexibility index (Phi) is 6.70. The largest absolute Gasteiger partial charge is 0.495 e. The van der Waals surface area contributed by atoms with Crippen molar-refractivity contribution in [1.29, 1.82) is 0 Å². The van der Waals surface area contributed by atoms with Gasteiger partial charge in [0.1, 0.15) is 5.75 Å². The summed E-state index contributed by atoms with van der Waals surface area (Å²) in [7, 11) is 1.56. The summed E-state index contributed by atoms with van der Waals surface area (Å²) in [6.07, 6.45) is 0. The fourth-order valence-electron chi connectivity index (χ4n) is 2.96. The van der Waals surface area contributed by atoms with E-state index in [9.17, 15) is 9.59 Å². The minimum Gasteiger partial charge on any atom is -0.495 e. The first kappa shape index (κ1) is 20.9. The van der Waals surface area contributed by atoms with Crippen molar-refractivity contribution in [3.8, 4) is 5.75 Å². The molecule has 3 aromatic rings. The maximum atomic E-state index is 12.7. The van der Waals surface area contributed by atoms with Crippen LogP contribution in [0.2, 0.25) is 0 Å². The first-order chi connectivity index (χ1) is 14.5. The predicted molar refractivity (Wildman–Crippen MR) is 120 cm³/mol. The van der Waals surface area contributed by atoms with Crippen LogP contribution in [0.4, 0.5) is 17.1 Å². The quantitative estimate of drug-likeness (QED) is 0.538. The molecule has 3 aromatic carbocycles. The number of carbonyl (C=O) groups excluding carboxylic acids is 2. The van der Waals surface area contributed by atoms with Gasteiger partial charge in [0.2, 0.25) is 5.91 Å². The van der Waals surface area contributed by atoms with Crippen LogP contribution >= 0.6 is 0 Å². The van der Waals surface area contributed by atoms with E-state index in [1.165, 1.54) is 0 Å². The highest BCUT2D eigenvalue weighted by atomic mass is 16.5. The van der Waals surface area contributed by atoms with E-state index >= 15 is 0 Å². The smallest absolute Gasteiger partial charge is 0.257 e. The molecular weight excluding hydrogens is 378 g/mol. The zero-order valence-corrected chi connectivity index (χ0v) is 17.3. The van der Waals surface area contributed by atoms with Crippen LogP contribution in [-0.2, 0) is 4.79 Å². The number of aryl methyl sites for hydroxylation is 2. The first-order valence-electron chi connectivity index (χ1n) is 9.61. The van der Waals surface area contributed by atoms with Gasteiger partial charge in [-0.3, -0.25) is 9.59 Å². The highest BCUT2D eigenvalue weighted by Gasteiger charge is 2.13. The van der Waals surface area contributed by atoms with Crippen LogP contribution in [0.3, 0.4) is 0 Å². The summed E-state index contributed by atoms with van der Waals surface area (Å²) in [4.78, 5) is 25.1. The Morgan fingerprint density at radius 1 is 0.833 bits per heavy atom. The molecule has 2 amide bonds. The van der Waals surface area contributed by atoms with Crippen LogP contribution in [0.1, 0.15) is 21.5 Å². The van der Waals surface area contributed by atoms with Gasteiger partial charge in [-0.2, -0.15) is 0 Å². The summed E-state index contributed by atoms with van der Waals surface area (Å²) in [5.74, 6) is 0.0992. The number of anilines is 3. The second kappa shape index (κ2) is 9.60. The number of carbonyl (C=O) groups is 2. The van der Waals surface area contributed by atoms with Crippen molar-refractivity contribution in [3.63, 3.8) is 0 Å². The average molecular weight is 403 g/mol. The van der Waals surface area contributed by atoms with Crippen molar-refractivity contribution in [2.75, 3.05) is 29.6 Å². The molecule has 6 heteroatoms. The molecule has 0 fully saturated rings. The van der Waals surface area contributed by atoms with E-state index < -0.39 is 0 Å². The van der Waals surface area contributed by atoms with Crippen LogP contribution in [0.5, 0.6) is 5.75 Å². The zero-order valence-electron chi connectivity index (χ0n) is 17.3. The Hall–Kier alpha value is -3.80. The number of rotatable bonds is 7. The second-order valence-electron chi connectivity index (χ2n) is 6.97. The second-order valence-corrected chi connectivity index (χ2v) is 6.97. The summed E-state index contributed by atoms with van der Waals surface area (Å²) in [6, 6.07) is 20.2. The van der Waals surface area contributed by atoms with E-state index in [1.54, 1.807) is 25.3 Å². The third kappa shape index (κ3) is 5.38. The van der Waals surface area contributed by atoms with Gasteiger partial charge in [0.15, 0.2) is 0 Å². The lowest BCUT2D eigenvalue weighted by molar-refractivity contribution is -0.114. The molecule has 0 atom stereocenters. The summed E-state index contributed by atoms with van der Waals surface area (Å²) in [6.45, 7) is 3.93. The molecule has 6 nitrogen and oxygen atoms in total. The third-order valence-corrected chi connectivity index (χ3v) is 4.55. The van der Waals surface area contributed by atoms with Gasteiger partial charge in [-0.25, -0.2) is 0 Å². The Morgan fingerprint density at radius 2 is 1.53 bits per heavy atom. The fourth-order valence-corrected chi connectivity index (χ4v) is 2.96. The van der Waals surface area contributed by atoms with Gasteiger partial charge in [-0.05, 0) is 55.8 Å². The van der Waals surface area contributed by atoms with Crippen LogP contribution in [0.25, 0.3) is 0 Å². The molecule has 3 N–H and O–H groups in total. The normalized spacial score (nSPS) is 10.2. The number of hydrogen-bond donors (Lipinski definition) is 3. The monoisotopic (exact) mass is 403 g/mol. The highest BCUT2D eigenvalue weighted by Crippen LogP contribution is 2.25. The molecule has 3 rings (SSSR count). The number of amides is 2. The summed E-state index contributed by atoms with van der Waals surface area (Å²) < 4.78 is 5.29. The number of benzene rings is 3. The number of hydrogen-bond acceptors (Lipinski definition) is 4. The lowest BCUT2D eigenvalue weighted by Gasteiger charge is -2.14. The molecule has 0 aliphatic carbocycles. The van der Waals surface area contributed by atoms with Crippen LogP contribution in [-0.4, -0.2) is 25.5 Å². The SMILES string of the molecule is COc1ccc(C)cc1NC(=O)CNc1ccccc1C(=O)Nc1ccc(C)cc1. The topological polar surface area (TPSA) is 79.5 Å². The first-order valence-corrected chi connectivity index (χ1v) is 9.61. The maximum Gasteiger partial charge on any atom is 0.257 e. The average Bonchev–Trinajstić information content (AvgIpc) is 2.74. The highest BCUT2D eigenvalue weighted by molar-refractivity contribution is 6.08. The molecule has 0 saturated heterocycles. The van der Waals surface area contributed by atoms with Gasteiger partial charge in [-0.1, -0.05) is 35.9 Å². The third-order valence-electron chi connectivity index (χ3n) is 4.55. The van der Waals surface area contributed by atoms with Gasteiger partial charge in [-0.15, -0.1) is 0 Å². The lowest BCUT2D eigenvalue weighted by Crippen LogP contribution is -2.23. The Labute approximate surface area is 176 Å². The number of nitrogens with one attached hydrogen (secondary N) is 3. The van der Waals surface area contributed by atoms with Crippen LogP contribution < -0.4 is 20.7 Å². The van der Waals surface area contributed by atoms with Gasteiger partial charge < -0.3 is 20.7 Å². The van der Waals surface area contributed by atoms with E-state index in [1.807, 2.05) is 62.4 Å². The predicted octanol–water partition coefficient (Wildman–Crippen LogP) is 4.61. The van der Waals surface area contributed by atoms with E-state index in [2.05, 4.69) is 16.0 Å². The maximum absolute atomic E-state index is 12.7. The van der Waals surface area contributed by atoms with E-state index in [0.717, 1.165) is 11.1 Å². The molecule has 0 radical (unpaired) electrons. The summed E-state index contributed by atoms with van der Waals surface area (Å²) in [5.41, 5.74) is 4.48. The molecule has 0 spiro atoms. The van der Waals surface area contributed by atoms with Crippen molar-refractivity contribution in [2.24, 2.45) is 0 Å². The molecule has 0 aromatic heterocycles. The van der Waals surface area contributed by atoms with Gasteiger partial charge in [0, 0.05) is 11.4 Å². The molecule has 154 valence electrons. The molecular formula is C24H25N3O3. The van der Waals surface area contributed by atoms with E-state index in [4.69, 9.17) is 4.74 Å². The minimum absolute atomic E-state index is 0.00587. The Balaban J connectivity index is 1.66. The molecule has 0 heterocycles. The van der Waals surface area contributed by atoms with Crippen molar-refractivity contribution in [1.82, 2.24) is 0 Å².